The lowest BCUT2D eigenvalue weighted by atomic mass is 10.1. The van der Waals surface area contributed by atoms with E-state index in [0.717, 1.165) is 5.56 Å². The number of hydrogen-bond acceptors (Lipinski definition) is 4. The number of thiophene rings is 1. The van der Waals surface area contributed by atoms with Crippen LogP contribution in [0.25, 0.3) is 0 Å². The molecule has 2 aromatic carbocycles. The van der Waals surface area contributed by atoms with Gasteiger partial charge in [0, 0.05) is 10.7 Å². The van der Waals surface area contributed by atoms with Crippen LogP contribution in [-0.2, 0) is 11.3 Å². The van der Waals surface area contributed by atoms with Crippen LogP contribution in [-0.4, -0.2) is 17.9 Å². The molecule has 0 saturated carbocycles. The predicted molar refractivity (Wildman–Crippen MR) is 111 cm³/mol. The van der Waals surface area contributed by atoms with E-state index in [1.807, 2.05) is 23.6 Å². The average molecular weight is 413 g/mol. The van der Waals surface area contributed by atoms with Gasteiger partial charge < -0.3 is 15.0 Å². The molecule has 0 spiro atoms. The van der Waals surface area contributed by atoms with E-state index in [1.165, 1.54) is 11.3 Å². The highest BCUT2D eigenvalue weighted by Crippen LogP contribution is 2.37. The van der Waals surface area contributed by atoms with Crippen molar-refractivity contribution in [1.82, 2.24) is 0 Å². The summed E-state index contributed by atoms with van der Waals surface area (Å²) >= 11 is 7.33. The standard InChI is InChI=1S/C21H17ClN2O3S/c1-13-21(26)24(12-14-4-6-15(22)7-5-14)17-11-16(8-9-18(17)27-13)23-20(25)19-3-2-10-28-19/h2-11,13H,12H2,1H3,(H,23,25). The Morgan fingerprint density at radius 2 is 2.00 bits per heavy atom. The highest BCUT2D eigenvalue weighted by atomic mass is 35.5. The second-order valence-corrected chi connectivity index (χ2v) is 7.81. The minimum Gasteiger partial charge on any atom is -0.479 e. The number of carbonyl (C=O) groups is 2. The third-order valence-corrected chi connectivity index (χ3v) is 5.54. The van der Waals surface area contributed by atoms with Crippen LogP contribution in [0, 0.1) is 0 Å². The van der Waals surface area contributed by atoms with Crippen molar-refractivity contribution in [2.45, 2.75) is 19.6 Å². The van der Waals surface area contributed by atoms with E-state index in [2.05, 4.69) is 5.32 Å². The van der Waals surface area contributed by atoms with Crippen LogP contribution < -0.4 is 15.0 Å². The average Bonchev–Trinajstić information content (AvgIpc) is 3.22. The molecule has 1 unspecified atom stereocenters. The predicted octanol–water partition coefficient (Wildman–Crippen LogP) is 4.97. The number of rotatable bonds is 4. The first-order valence-electron chi connectivity index (χ1n) is 8.72. The second-order valence-electron chi connectivity index (χ2n) is 6.42. The Morgan fingerprint density at radius 3 is 2.71 bits per heavy atom. The van der Waals surface area contributed by atoms with E-state index in [-0.39, 0.29) is 11.8 Å². The summed E-state index contributed by atoms with van der Waals surface area (Å²) in [4.78, 5) is 27.4. The van der Waals surface area contributed by atoms with E-state index in [4.69, 9.17) is 16.3 Å². The molecule has 142 valence electrons. The van der Waals surface area contributed by atoms with Crippen molar-refractivity contribution in [1.29, 1.82) is 0 Å². The van der Waals surface area contributed by atoms with Crippen LogP contribution in [0.2, 0.25) is 5.02 Å². The first-order valence-corrected chi connectivity index (χ1v) is 9.98. The van der Waals surface area contributed by atoms with Crippen molar-refractivity contribution in [3.8, 4) is 5.75 Å². The molecule has 1 N–H and O–H groups in total. The fourth-order valence-electron chi connectivity index (χ4n) is 3.02. The lowest BCUT2D eigenvalue weighted by molar-refractivity contribution is -0.125. The Labute approximate surface area is 171 Å². The summed E-state index contributed by atoms with van der Waals surface area (Å²) in [6, 6.07) is 16.3. The first-order chi connectivity index (χ1) is 13.5. The maximum Gasteiger partial charge on any atom is 0.268 e. The molecule has 2 heterocycles. The molecule has 1 atom stereocenters. The van der Waals surface area contributed by atoms with E-state index in [9.17, 15) is 9.59 Å². The lowest BCUT2D eigenvalue weighted by Crippen LogP contribution is -2.44. The normalized spacial score (nSPS) is 15.7. The van der Waals surface area contributed by atoms with Crippen LogP contribution in [0.1, 0.15) is 22.2 Å². The minimum absolute atomic E-state index is 0.135. The monoisotopic (exact) mass is 412 g/mol. The van der Waals surface area contributed by atoms with Gasteiger partial charge >= 0.3 is 0 Å². The van der Waals surface area contributed by atoms with Crippen LogP contribution in [0.3, 0.4) is 0 Å². The van der Waals surface area contributed by atoms with Gasteiger partial charge in [-0.3, -0.25) is 9.59 Å². The number of amides is 2. The zero-order valence-electron chi connectivity index (χ0n) is 15.0. The summed E-state index contributed by atoms with van der Waals surface area (Å²) in [7, 11) is 0. The van der Waals surface area contributed by atoms with Gasteiger partial charge in [0.2, 0.25) is 0 Å². The van der Waals surface area contributed by atoms with Gasteiger partial charge in [0.25, 0.3) is 11.8 Å². The fraction of sp³-hybridized carbons (Fsp3) is 0.143. The number of anilines is 2. The SMILES string of the molecule is CC1Oc2ccc(NC(=O)c3cccs3)cc2N(Cc2ccc(Cl)cc2)C1=O. The largest absolute Gasteiger partial charge is 0.479 e. The first kappa shape index (κ1) is 18.5. The van der Waals surface area contributed by atoms with Crippen molar-refractivity contribution in [2.24, 2.45) is 0 Å². The third-order valence-electron chi connectivity index (χ3n) is 4.42. The molecule has 0 radical (unpaired) electrons. The number of fused-ring (bicyclic) bond motifs is 1. The molecule has 1 aliphatic heterocycles. The smallest absolute Gasteiger partial charge is 0.268 e. The van der Waals surface area contributed by atoms with Gasteiger partial charge in [-0.15, -0.1) is 11.3 Å². The van der Waals surface area contributed by atoms with E-state index in [0.29, 0.717) is 33.6 Å². The molecular formula is C21H17ClN2O3S. The van der Waals surface area contributed by atoms with Gasteiger partial charge in [-0.2, -0.15) is 0 Å². The number of nitrogens with zero attached hydrogens (tertiary/aromatic N) is 1. The second kappa shape index (κ2) is 7.66. The summed E-state index contributed by atoms with van der Waals surface area (Å²) in [5.74, 6) is 0.287. The Bertz CT molecular complexity index is 1020. The Balaban J connectivity index is 1.64. The molecule has 28 heavy (non-hydrogen) atoms. The number of carbonyl (C=O) groups excluding carboxylic acids is 2. The summed E-state index contributed by atoms with van der Waals surface area (Å²) < 4.78 is 5.74. The molecule has 2 amide bonds. The van der Waals surface area contributed by atoms with E-state index < -0.39 is 6.10 Å². The van der Waals surface area contributed by atoms with Crippen LogP contribution in [0.4, 0.5) is 11.4 Å². The number of nitrogens with one attached hydrogen (secondary N) is 1. The Hall–Kier alpha value is -2.83. The molecule has 0 saturated heterocycles. The quantitative estimate of drug-likeness (QED) is 0.658. The minimum atomic E-state index is -0.577. The maximum absolute atomic E-state index is 12.8. The summed E-state index contributed by atoms with van der Waals surface area (Å²) in [6.45, 7) is 2.12. The van der Waals surface area contributed by atoms with Crippen LogP contribution >= 0.6 is 22.9 Å². The number of hydrogen-bond donors (Lipinski definition) is 1. The summed E-state index contributed by atoms with van der Waals surface area (Å²) in [5, 5.41) is 5.37. The molecule has 1 aliphatic rings. The van der Waals surface area contributed by atoms with Crippen molar-refractivity contribution < 1.29 is 14.3 Å². The van der Waals surface area contributed by atoms with Crippen molar-refractivity contribution >= 4 is 46.1 Å². The fourth-order valence-corrected chi connectivity index (χ4v) is 3.77. The molecule has 1 aromatic heterocycles. The van der Waals surface area contributed by atoms with Crippen LogP contribution in [0.15, 0.2) is 60.0 Å². The van der Waals surface area contributed by atoms with Crippen molar-refractivity contribution in [3.63, 3.8) is 0 Å². The molecule has 3 aromatic rings. The van der Waals surface area contributed by atoms with Gasteiger partial charge in [-0.1, -0.05) is 29.8 Å². The Kier molecular flexibility index (Phi) is 5.07. The van der Waals surface area contributed by atoms with Gasteiger partial charge in [0.1, 0.15) is 5.75 Å². The zero-order chi connectivity index (χ0) is 19.7. The zero-order valence-corrected chi connectivity index (χ0v) is 16.6. The van der Waals surface area contributed by atoms with Gasteiger partial charge in [-0.05, 0) is 54.3 Å². The lowest BCUT2D eigenvalue weighted by Gasteiger charge is -2.33. The number of benzene rings is 2. The molecule has 7 heteroatoms. The van der Waals surface area contributed by atoms with Crippen LogP contribution in [0.5, 0.6) is 5.75 Å². The Morgan fingerprint density at radius 1 is 1.21 bits per heavy atom. The van der Waals surface area contributed by atoms with Crippen molar-refractivity contribution in [3.05, 3.63) is 75.4 Å². The summed E-state index contributed by atoms with van der Waals surface area (Å²) in [6.07, 6.45) is -0.577. The summed E-state index contributed by atoms with van der Waals surface area (Å²) in [5.41, 5.74) is 2.18. The molecule has 0 fully saturated rings. The van der Waals surface area contributed by atoms with Gasteiger partial charge in [0.05, 0.1) is 17.1 Å². The van der Waals surface area contributed by atoms with Crippen molar-refractivity contribution in [2.75, 3.05) is 10.2 Å². The van der Waals surface area contributed by atoms with E-state index >= 15 is 0 Å². The highest BCUT2D eigenvalue weighted by Gasteiger charge is 2.31. The van der Waals surface area contributed by atoms with E-state index in [1.54, 1.807) is 48.2 Å². The number of halogens is 1. The maximum atomic E-state index is 12.8. The van der Waals surface area contributed by atoms with Gasteiger partial charge in [0.15, 0.2) is 6.10 Å². The van der Waals surface area contributed by atoms with Gasteiger partial charge in [-0.25, -0.2) is 0 Å². The third kappa shape index (κ3) is 3.74. The number of ether oxygens (including phenoxy) is 1. The molecule has 5 nitrogen and oxygen atoms in total. The molecule has 0 aliphatic carbocycles. The topological polar surface area (TPSA) is 58.6 Å². The molecular weight excluding hydrogens is 396 g/mol. The molecule has 4 rings (SSSR count). The highest BCUT2D eigenvalue weighted by molar-refractivity contribution is 7.12. The molecule has 0 bridgehead atoms.